The van der Waals surface area contributed by atoms with Crippen LogP contribution in [0, 0.1) is 5.82 Å². The van der Waals surface area contributed by atoms with Gasteiger partial charge in [0.15, 0.2) is 0 Å². The highest BCUT2D eigenvalue weighted by molar-refractivity contribution is 6.33. The normalized spacial score (nSPS) is 16.7. The van der Waals surface area contributed by atoms with E-state index in [-0.39, 0.29) is 24.1 Å². The van der Waals surface area contributed by atoms with E-state index in [0.717, 1.165) is 24.6 Å². The molecule has 11 nitrogen and oxygen atoms in total. The highest BCUT2D eigenvalue weighted by atomic mass is 35.5. The maximum Gasteiger partial charge on any atom is 0.255 e. The molecule has 5 rings (SSSR count). The standard InChI is InChI=1S/C28H31ClFN7O4/c1-15(26(39)35-23(14-38)20-10-24(31-2)32-12-22(20)30)37-13-17-4-3-16(9-19(17)27(37)40)25-21(29)11-33-28(36-25)34-18-5-7-41-8-6-18/h3-4,9-12,15,18,23,38H,5-8,13-14H2,1-2H3,(H,31,32)(H,35,39)(H,33,34,36). The van der Waals surface area contributed by atoms with Crippen molar-refractivity contribution < 1.29 is 23.8 Å². The van der Waals surface area contributed by atoms with Gasteiger partial charge in [0.1, 0.15) is 17.7 Å². The summed E-state index contributed by atoms with van der Waals surface area (Å²) in [6.45, 7) is 2.62. The largest absolute Gasteiger partial charge is 0.394 e. The Hall–Kier alpha value is -3.87. The number of carbonyl (C=O) groups excluding carboxylic acids is 2. The zero-order valence-corrected chi connectivity index (χ0v) is 23.4. The molecule has 41 heavy (non-hydrogen) atoms. The van der Waals surface area contributed by atoms with Gasteiger partial charge in [-0.25, -0.2) is 19.3 Å². The SMILES string of the molecule is CNc1cc(C(CO)NC(=O)C(C)N2Cc3ccc(-c4nc(NC5CCOCC5)ncc4Cl)cc3C2=O)c(F)cn1. The highest BCUT2D eigenvalue weighted by Gasteiger charge is 2.35. The van der Waals surface area contributed by atoms with E-state index >= 15 is 0 Å². The summed E-state index contributed by atoms with van der Waals surface area (Å²) in [6.07, 6.45) is 4.25. The zero-order chi connectivity index (χ0) is 29.1. The Kier molecular flexibility index (Phi) is 8.62. The van der Waals surface area contributed by atoms with Gasteiger partial charge in [-0.2, -0.15) is 0 Å². The molecular formula is C28H31ClFN7O4. The molecule has 2 aliphatic heterocycles. The summed E-state index contributed by atoms with van der Waals surface area (Å²) in [7, 11) is 1.63. The van der Waals surface area contributed by atoms with Crippen LogP contribution in [0.2, 0.25) is 5.02 Å². The number of anilines is 2. The summed E-state index contributed by atoms with van der Waals surface area (Å²) in [5.41, 5.74) is 2.41. The molecule has 2 atom stereocenters. The first-order valence-electron chi connectivity index (χ1n) is 13.3. The van der Waals surface area contributed by atoms with Crippen LogP contribution < -0.4 is 16.0 Å². The van der Waals surface area contributed by atoms with Crippen molar-refractivity contribution in [1.29, 1.82) is 0 Å². The monoisotopic (exact) mass is 583 g/mol. The molecule has 2 aliphatic rings. The second-order valence-corrected chi connectivity index (χ2v) is 10.4. The van der Waals surface area contributed by atoms with E-state index < -0.39 is 30.4 Å². The maximum absolute atomic E-state index is 14.4. The second-order valence-electron chi connectivity index (χ2n) is 9.99. The van der Waals surface area contributed by atoms with Crippen LogP contribution in [-0.4, -0.2) is 75.7 Å². The Bertz CT molecular complexity index is 1450. The van der Waals surface area contributed by atoms with Gasteiger partial charge in [0.25, 0.3) is 5.91 Å². The molecule has 0 radical (unpaired) electrons. The number of nitrogens with one attached hydrogen (secondary N) is 3. The van der Waals surface area contributed by atoms with Crippen molar-refractivity contribution in [3.8, 4) is 11.3 Å². The lowest BCUT2D eigenvalue weighted by molar-refractivity contribution is -0.126. The molecule has 0 aliphatic carbocycles. The quantitative estimate of drug-likeness (QED) is 0.299. The van der Waals surface area contributed by atoms with Crippen molar-refractivity contribution in [1.82, 2.24) is 25.2 Å². The Morgan fingerprint density at radius 2 is 2.02 bits per heavy atom. The summed E-state index contributed by atoms with van der Waals surface area (Å²) >= 11 is 6.45. The predicted molar refractivity (Wildman–Crippen MR) is 151 cm³/mol. The fourth-order valence-corrected chi connectivity index (χ4v) is 5.16. The van der Waals surface area contributed by atoms with Gasteiger partial charge in [-0.3, -0.25) is 9.59 Å². The lowest BCUT2D eigenvalue weighted by Crippen LogP contribution is -2.47. The molecule has 216 valence electrons. The van der Waals surface area contributed by atoms with Gasteiger partial charge in [-0.1, -0.05) is 23.7 Å². The van der Waals surface area contributed by atoms with Crippen molar-refractivity contribution in [3.05, 3.63) is 64.2 Å². The predicted octanol–water partition coefficient (Wildman–Crippen LogP) is 3.16. The second kappa shape index (κ2) is 12.3. The summed E-state index contributed by atoms with van der Waals surface area (Å²) in [5.74, 6) is -0.694. The van der Waals surface area contributed by atoms with Crippen molar-refractivity contribution >= 4 is 35.2 Å². The third-order valence-electron chi connectivity index (χ3n) is 7.38. The topological polar surface area (TPSA) is 142 Å². The van der Waals surface area contributed by atoms with E-state index in [4.69, 9.17) is 16.3 Å². The van der Waals surface area contributed by atoms with E-state index in [1.54, 1.807) is 20.0 Å². The Morgan fingerprint density at radius 1 is 1.24 bits per heavy atom. The highest BCUT2D eigenvalue weighted by Crippen LogP contribution is 2.32. The lowest BCUT2D eigenvalue weighted by atomic mass is 10.0. The summed E-state index contributed by atoms with van der Waals surface area (Å²) in [5, 5.41) is 19.0. The number of benzene rings is 1. The molecule has 0 saturated carbocycles. The van der Waals surface area contributed by atoms with Gasteiger partial charge in [-0.05, 0) is 37.5 Å². The fraction of sp³-hybridized carbons (Fsp3) is 0.393. The number of aliphatic hydroxyl groups excluding tert-OH is 1. The third kappa shape index (κ3) is 6.09. The number of aliphatic hydroxyl groups is 1. The van der Waals surface area contributed by atoms with Crippen LogP contribution in [0.15, 0.2) is 36.7 Å². The molecule has 0 bridgehead atoms. The van der Waals surface area contributed by atoms with Crippen LogP contribution >= 0.6 is 11.6 Å². The lowest BCUT2D eigenvalue weighted by Gasteiger charge is -2.26. The first kappa shape index (κ1) is 28.7. The number of rotatable bonds is 9. The number of aromatic nitrogens is 3. The minimum atomic E-state index is -1.02. The molecular weight excluding hydrogens is 553 g/mol. The van der Waals surface area contributed by atoms with Crippen molar-refractivity contribution in [2.75, 3.05) is 37.5 Å². The minimum Gasteiger partial charge on any atom is -0.394 e. The number of hydrogen-bond acceptors (Lipinski definition) is 9. The number of pyridine rings is 1. The molecule has 3 aromatic rings. The maximum atomic E-state index is 14.4. The smallest absolute Gasteiger partial charge is 0.255 e. The van der Waals surface area contributed by atoms with E-state index in [9.17, 15) is 19.1 Å². The molecule has 1 saturated heterocycles. The number of hydrogen-bond donors (Lipinski definition) is 4. The van der Waals surface area contributed by atoms with E-state index in [2.05, 4.69) is 30.9 Å². The zero-order valence-electron chi connectivity index (χ0n) is 22.7. The minimum absolute atomic E-state index is 0.0838. The van der Waals surface area contributed by atoms with Gasteiger partial charge in [-0.15, -0.1) is 0 Å². The summed E-state index contributed by atoms with van der Waals surface area (Å²) in [4.78, 5) is 40.8. The molecule has 4 heterocycles. The van der Waals surface area contributed by atoms with E-state index in [1.165, 1.54) is 17.2 Å². The van der Waals surface area contributed by atoms with E-state index in [0.29, 0.717) is 46.8 Å². The summed E-state index contributed by atoms with van der Waals surface area (Å²) < 4.78 is 19.8. The Labute approximate surface area is 241 Å². The first-order valence-corrected chi connectivity index (χ1v) is 13.7. The van der Waals surface area contributed by atoms with Crippen molar-refractivity contribution in [3.63, 3.8) is 0 Å². The molecule has 2 amide bonds. The van der Waals surface area contributed by atoms with Gasteiger partial charge in [0.2, 0.25) is 11.9 Å². The summed E-state index contributed by atoms with van der Waals surface area (Å²) in [6, 6.07) is 5.08. The Balaban J connectivity index is 1.31. The average Bonchev–Trinajstić information content (AvgIpc) is 3.32. The third-order valence-corrected chi connectivity index (χ3v) is 7.65. The molecule has 13 heteroatoms. The molecule has 2 aromatic heterocycles. The average molecular weight is 584 g/mol. The van der Waals surface area contributed by atoms with Gasteiger partial charge < -0.3 is 30.7 Å². The van der Waals surface area contributed by atoms with Gasteiger partial charge in [0.05, 0.1) is 35.8 Å². The molecule has 0 spiro atoms. The van der Waals surface area contributed by atoms with E-state index in [1.807, 2.05) is 12.1 Å². The number of amides is 2. The molecule has 1 aromatic carbocycles. The van der Waals surface area contributed by atoms with Gasteiger partial charge >= 0.3 is 0 Å². The van der Waals surface area contributed by atoms with Gasteiger partial charge in [0, 0.05) is 49.5 Å². The molecule has 2 unspecified atom stereocenters. The molecule has 4 N–H and O–H groups in total. The van der Waals surface area contributed by atoms with Crippen LogP contribution in [0.3, 0.4) is 0 Å². The van der Waals surface area contributed by atoms with Crippen LogP contribution in [0.5, 0.6) is 0 Å². The number of halogens is 2. The number of ether oxygens (including phenoxy) is 1. The number of fused-ring (bicyclic) bond motifs is 1. The van der Waals surface area contributed by atoms with Crippen LogP contribution in [0.1, 0.15) is 47.3 Å². The van der Waals surface area contributed by atoms with Crippen molar-refractivity contribution in [2.45, 2.75) is 44.4 Å². The molecule has 1 fully saturated rings. The van der Waals surface area contributed by atoms with Crippen LogP contribution in [0.25, 0.3) is 11.3 Å². The van der Waals surface area contributed by atoms with Crippen LogP contribution in [0.4, 0.5) is 16.2 Å². The first-order chi connectivity index (χ1) is 19.8. The number of carbonyl (C=O) groups is 2. The fourth-order valence-electron chi connectivity index (χ4n) is 4.96. The van der Waals surface area contributed by atoms with Crippen molar-refractivity contribution in [2.24, 2.45) is 0 Å². The Morgan fingerprint density at radius 3 is 2.76 bits per heavy atom. The number of nitrogens with zero attached hydrogens (tertiary/aromatic N) is 4. The van der Waals surface area contributed by atoms with Crippen LogP contribution in [-0.2, 0) is 16.1 Å².